The zero-order chi connectivity index (χ0) is 17.1. The molecule has 2 aromatic carbocycles. The monoisotopic (exact) mass is 318 g/mol. The molecule has 3 nitrogen and oxygen atoms in total. The normalized spacial score (nSPS) is 10.5. The Bertz CT molecular complexity index is 1010. The number of hydrogen-bond acceptors (Lipinski definition) is 3. The first-order valence-corrected chi connectivity index (χ1v) is 7.70. The highest BCUT2D eigenvalue weighted by Crippen LogP contribution is 2.40. The summed E-state index contributed by atoms with van der Waals surface area (Å²) in [6.07, 6.45) is 0. The van der Waals surface area contributed by atoms with E-state index in [1.807, 2.05) is 36.4 Å². The lowest BCUT2D eigenvalue weighted by molar-refractivity contribution is 0.399. The first-order chi connectivity index (χ1) is 11.7. The third-order valence-electron chi connectivity index (χ3n) is 4.01. The molecule has 0 spiro atoms. The van der Waals surface area contributed by atoms with Gasteiger partial charge in [-0.3, -0.25) is 4.79 Å². The van der Waals surface area contributed by atoms with E-state index in [4.69, 9.17) is 9.52 Å². The largest absolute Gasteiger partial charge is 0.456 e. The molecular weight excluding hydrogens is 300 g/mol. The number of rotatable bonds is 1. The summed E-state index contributed by atoms with van der Waals surface area (Å²) >= 11 is 0. The predicted octanol–water partition coefficient (Wildman–Crippen LogP) is 4.48. The summed E-state index contributed by atoms with van der Waals surface area (Å²) in [6, 6.07) is 21.2. The highest BCUT2D eigenvalue weighted by atomic mass is 16.3. The van der Waals surface area contributed by atoms with Gasteiger partial charge < -0.3 is 9.52 Å². The van der Waals surface area contributed by atoms with Gasteiger partial charge in [-0.05, 0) is 36.2 Å². The fourth-order valence-corrected chi connectivity index (χ4v) is 2.96. The summed E-state index contributed by atoms with van der Waals surface area (Å²) < 4.78 is 5.93. The van der Waals surface area contributed by atoms with Gasteiger partial charge >= 0.3 is 0 Å². The van der Waals surface area contributed by atoms with E-state index >= 15 is 0 Å². The van der Waals surface area contributed by atoms with E-state index in [1.54, 1.807) is 12.1 Å². The van der Waals surface area contributed by atoms with Gasteiger partial charge in [-0.1, -0.05) is 42.5 Å². The number of aliphatic hydroxyl groups excluding tert-OH is 1. The van der Waals surface area contributed by atoms with Crippen molar-refractivity contribution in [1.82, 2.24) is 0 Å². The third kappa shape index (κ3) is 2.70. The zero-order valence-electron chi connectivity index (χ0n) is 13.6. The highest BCUT2D eigenvalue weighted by Gasteiger charge is 2.17. The molecule has 0 amide bonds. The standard InChI is InChI=1S/C20H14O2.CH4O/c1-13-6-2-3-7-15(13)20-16-8-4-5-9-18(16)22-19-12-14(21)10-11-17(19)20;1-2/h2-12H,1H3;2H,1H3. The molecule has 4 rings (SSSR count). The van der Waals surface area contributed by atoms with E-state index in [0.29, 0.717) is 5.76 Å². The van der Waals surface area contributed by atoms with Gasteiger partial charge in [0.1, 0.15) is 11.3 Å². The Morgan fingerprint density at radius 1 is 0.833 bits per heavy atom. The van der Waals surface area contributed by atoms with Gasteiger partial charge in [0.15, 0.2) is 5.43 Å². The smallest absolute Gasteiger partial charge is 0.182 e. The van der Waals surface area contributed by atoms with Crippen LogP contribution in [0.2, 0.25) is 0 Å². The molecule has 0 unspecified atom stereocenters. The van der Waals surface area contributed by atoms with Crippen molar-refractivity contribution in [3.63, 3.8) is 0 Å². The number of aryl methyl sites for hydroxylation is 1. The van der Waals surface area contributed by atoms with Crippen molar-refractivity contribution in [2.45, 2.75) is 6.92 Å². The van der Waals surface area contributed by atoms with Gasteiger partial charge in [-0.15, -0.1) is 0 Å². The number of hydrogen-bond donors (Lipinski definition) is 1. The van der Waals surface area contributed by atoms with Crippen molar-refractivity contribution in [2.24, 2.45) is 0 Å². The van der Waals surface area contributed by atoms with Crippen LogP contribution in [0.5, 0.6) is 0 Å². The molecular formula is C21H18O3. The molecule has 24 heavy (non-hydrogen) atoms. The Balaban J connectivity index is 0.000000815. The molecule has 1 N–H and O–H groups in total. The molecule has 120 valence electrons. The van der Waals surface area contributed by atoms with Crippen LogP contribution in [0.25, 0.3) is 33.4 Å². The zero-order valence-corrected chi connectivity index (χ0v) is 13.6. The Kier molecular flexibility index (Phi) is 4.45. The van der Waals surface area contributed by atoms with Crippen LogP contribution in [0.4, 0.5) is 0 Å². The van der Waals surface area contributed by atoms with E-state index in [1.165, 1.54) is 5.56 Å². The van der Waals surface area contributed by atoms with Crippen molar-refractivity contribution in [3.8, 4) is 22.5 Å². The second-order valence-corrected chi connectivity index (χ2v) is 5.45. The second-order valence-electron chi connectivity index (χ2n) is 5.45. The summed E-state index contributed by atoms with van der Waals surface area (Å²) in [4.78, 5) is 11.7. The van der Waals surface area contributed by atoms with Gasteiger partial charge in [-0.25, -0.2) is 0 Å². The minimum atomic E-state index is -0.0396. The number of para-hydroxylation sites is 1. The molecule has 2 aromatic rings. The Hall–Kier alpha value is -2.91. The molecule has 0 bridgehead atoms. The van der Waals surface area contributed by atoms with Crippen LogP contribution < -0.4 is 5.43 Å². The first kappa shape index (κ1) is 16.0. The summed E-state index contributed by atoms with van der Waals surface area (Å²) in [5, 5.41) is 8.06. The highest BCUT2D eigenvalue weighted by molar-refractivity contribution is 6.02. The minimum absolute atomic E-state index is 0.0396. The number of fused-ring (bicyclic) bond motifs is 2. The summed E-state index contributed by atoms with van der Waals surface area (Å²) in [6.45, 7) is 2.10. The van der Waals surface area contributed by atoms with Crippen LogP contribution in [-0.2, 0) is 0 Å². The lowest BCUT2D eigenvalue weighted by Gasteiger charge is -2.16. The van der Waals surface area contributed by atoms with Crippen molar-refractivity contribution < 1.29 is 9.52 Å². The van der Waals surface area contributed by atoms with Crippen molar-refractivity contribution in [2.75, 3.05) is 7.11 Å². The average Bonchev–Trinajstić information content (AvgIpc) is 2.62. The number of benzene rings is 3. The fraction of sp³-hybridized carbons (Fsp3) is 0.0952. The Morgan fingerprint density at radius 2 is 1.54 bits per heavy atom. The second kappa shape index (κ2) is 6.69. The van der Waals surface area contributed by atoms with Gasteiger partial charge in [-0.2, -0.15) is 0 Å². The van der Waals surface area contributed by atoms with Gasteiger partial charge in [0.2, 0.25) is 0 Å². The van der Waals surface area contributed by atoms with Crippen LogP contribution in [0.3, 0.4) is 0 Å². The first-order valence-electron chi connectivity index (χ1n) is 7.70. The Labute approximate surface area is 140 Å². The average molecular weight is 318 g/mol. The molecule has 2 aliphatic rings. The molecule has 1 aliphatic carbocycles. The maximum absolute atomic E-state index is 11.7. The lowest BCUT2D eigenvalue weighted by Crippen LogP contribution is -2.00. The molecule has 0 aromatic heterocycles. The van der Waals surface area contributed by atoms with Gasteiger partial charge in [0, 0.05) is 29.7 Å². The van der Waals surface area contributed by atoms with E-state index in [-0.39, 0.29) is 5.43 Å². The van der Waals surface area contributed by atoms with Crippen LogP contribution in [0.15, 0.2) is 75.9 Å². The molecule has 0 atom stereocenters. The van der Waals surface area contributed by atoms with Crippen LogP contribution in [0, 0.1) is 6.92 Å². The summed E-state index contributed by atoms with van der Waals surface area (Å²) in [5.41, 5.74) is 5.20. The van der Waals surface area contributed by atoms with E-state index in [0.717, 1.165) is 34.8 Å². The molecule has 0 fully saturated rings. The summed E-state index contributed by atoms with van der Waals surface area (Å²) in [7, 11) is 1.00. The van der Waals surface area contributed by atoms with Crippen LogP contribution in [0.1, 0.15) is 5.56 Å². The quantitative estimate of drug-likeness (QED) is 0.526. The maximum Gasteiger partial charge on any atom is 0.182 e. The SMILES string of the molecule is CO.Cc1ccccc1-c1c2ccc(=O)cc-2oc2ccccc12. The minimum Gasteiger partial charge on any atom is -0.456 e. The molecule has 0 radical (unpaired) electrons. The van der Waals surface area contributed by atoms with E-state index in [2.05, 4.69) is 25.1 Å². The maximum atomic E-state index is 11.7. The summed E-state index contributed by atoms with van der Waals surface area (Å²) in [5.74, 6) is 0.629. The van der Waals surface area contributed by atoms with Crippen molar-refractivity contribution >= 4 is 11.0 Å². The molecule has 1 heterocycles. The van der Waals surface area contributed by atoms with E-state index in [9.17, 15) is 4.79 Å². The molecule has 0 saturated heterocycles. The van der Waals surface area contributed by atoms with Crippen molar-refractivity contribution in [3.05, 3.63) is 82.5 Å². The van der Waals surface area contributed by atoms with Crippen LogP contribution >= 0.6 is 0 Å². The number of aliphatic hydroxyl groups is 1. The van der Waals surface area contributed by atoms with E-state index < -0.39 is 0 Å². The van der Waals surface area contributed by atoms with Gasteiger partial charge in [0.05, 0.1) is 0 Å². The molecule has 0 saturated carbocycles. The Morgan fingerprint density at radius 3 is 2.33 bits per heavy atom. The fourth-order valence-electron chi connectivity index (χ4n) is 2.96. The lowest BCUT2D eigenvalue weighted by atomic mass is 9.91. The predicted molar refractivity (Wildman–Crippen MR) is 97.4 cm³/mol. The van der Waals surface area contributed by atoms with Crippen LogP contribution in [-0.4, -0.2) is 12.2 Å². The van der Waals surface area contributed by atoms with Crippen molar-refractivity contribution in [1.29, 1.82) is 0 Å². The third-order valence-corrected chi connectivity index (χ3v) is 4.01. The topological polar surface area (TPSA) is 50.4 Å². The molecule has 1 aliphatic heterocycles. The van der Waals surface area contributed by atoms with Gasteiger partial charge in [0.25, 0.3) is 0 Å². The molecule has 3 heteroatoms.